The Hall–Kier alpha value is -2.36. The normalized spacial score (nSPS) is 16.3. The second kappa shape index (κ2) is 9.22. The lowest BCUT2D eigenvalue weighted by Crippen LogP contribution is -2.41. The number of nitrogens with one attached hydrogen (secondary N) is 1. The van der Waals surface area contributed by atoms with Crippen LogP contribution < -0.4 is 5.32 Å². The van der Waals surface area contributed by atoms with Crippen LogP contribution in [0.5, 0.6) is 0 Å². The molecule has 1 unspecified atom stereocenters. The SMILES string of the molecule is CC(C)c1ccc(C(CNc2oc(C(C)C)nc2C#N)N2CCOCC2)cc1. The Bertz CT molecular complexity index is 799. The summed E-state index contributed by atoms with van der Waals surface area (Å²) in [4.78, 5) is 6.72. The van der Waals surface area contributed by atoms with Crippen molar-refractivity contribution in [2.45, 2.75) is 45.6 Å². The van der Waals surface area contributed by atoms with E-state index in [0.29, 0.717) is 29.9 Å². The predicted octanol–water partition coefficient (Wildman–Crippen LogP) is 4.28. The fraction of sp³-hybridized carbons (Fsp3) is 0.545. The van der Waals surface area contributed by atoms with E-state index in [9.17, 15) is 5.26 Å². The molecule has 6 heteroatoms. The summed E-state index contributed by atoms with van der Waals surface area (Å²) in [5.74, 6) is 1.70. The lowest BCUT2D eigenvalue weighted by atomic mass is 9.98. The van der Waals surface area contributed by atoms with E-state index in [1.165, 1.54) is 11.1 Å². The van der Waals surface area contributed by atoms with Crippen LogP contribution in [0.2, 0.25) is 0 Å². The molecule has 1 fully saturated rings. The Labute approximate surface area is 167 Å². The molecular formula is C22H30N4O2. The molecule has 1 aromatic carbocycles. The van der Waals surface area contributed by atoms with Crippen LogP contribution in [0.1, 0.15) is 68.3 Å². The van der Waals surface area contributed by atoms with Crippen LogP contribution in [0.4, 0.5) is 5.88 Å². The number of anilines is 1. The summed E-state index contributed by atoms with van der Waals surface area (Å²) in [6, 6.07) is 11.1. The fourth-order valence-corrected chi connectivity index (χ4v) is 3.42. The summed E-state index contributed by atoms with van der Waals surface area (Å²) in [5, 5.41) is 12.7. The van der Waals surface area contributed by atoms with Gasteiger partial charge in [0.25, 0.3) is 0 Å². The van der Waals surface area contributed by atoms with Gasteiger partial charge in [-0.15, -0.1) is 0 Å². The third kappa shape index (κ3) is 4.73. The van der Waals surface area contributed by atoms with E-state index in [0.717, 1.165) is 26.3 Å². The molecule has 0 spiro atoms. The van der Waals surface area contributed by atoms with Gasteiger partial charge in [-0.25, -0.2) is 4.98 Å². The minimum Gasteiger partial charge on any atom is -0.424 e. The van der Waals surface area contributed by atoms with Crippen LogP contribution in [0.15, 0.2) is 28.7 Å². The van der Waals surface area contributed by atoms with E-state index >= 15 is 0 Å². The van der Waals surface area contributed by atoms with Crippen molar-refractivity contribution < 1.29 is 9.15 Å². The van der Waals surface area contributed by atoms with Crippen molar-refractivity contribution in [1.29, 1.82) is 5.26 Å². The maximum Gasteiger partial charge on any atom is 0.232 e. The molecule has 1 aliphatic rings. The van der Waals surface area contributed by atoms with Crippen LogP contribution in [-0.4, -0.2) is 42.7 Å². The lowest BCUT2D eigenvalue weighted by Gasteiger charge is -2.35. The van der Waals surface area contributed by atoms with Crippen LogP contribution in [0.3, 0.4) is 0 Å². The summed E-state index contributed by atoms with van der Waals surface area (Å²) < 4.78 is 11.3. The summed E-state index contributed by atoms with van der Waals surface area (Å²) in [6.45, 7) is 12.3. The molecule has 1 N–H and O–H groups in total. The highest BCUT2D eigenvalue weighted by atomic mass is 16.5. The van der Waals surface area contributed by atoms with E-state index in [1.54, 1.807) is 0 Å². The lowest BCUT2D eigenvalue weighted by molar-refractivity contribution is 0.0186. The summed E-state index contributed by atoms with van der Waals surface area (Å²) >= 11 is 0. The molecular weight excluding hydrogens is 352 g/mol. The summed E-state index contributed by atoms with van der Waals surface area (Å²) in [7, 11) is 0. The molecule has 1 aliphatic heterocycles. The Balaban J connectivity index is 1.81. The highest BCUT2D eigenvalue weighted by Gasteiger charge is 2.24. The van der Waals surface area contributed by atoms with E-state index < -0.39 is 0 Å². The average Bonchev–Trinajstić information content (AvgIpc) is 3.13. The smallest absolute Gasteiger partial charge is 0.232 e. The molecule has 0 radical (unpaired) electrons. The van der Waals surface area contributed by atoms with E-state index in [-0.39, 0.29) is 12.0 Å². The van der Waals surface area contributed by atoms with Crippen molar-refractivity contribution in [3.05, 3.63) is 47.0 Å². The van der Waals surface area contributed by atoms with Crippen molar-refractivity contribution in [2.24, 2.45) is 0 Å². The zero-order chi connectivity index (χ0) is 20.1. The van der Waals surface area contributed by atoms with E-state index in [4.69, 9.17) is 9.15 Å². The second-order valence-electron chi connectivity index (χ2n) is 7.86. The zero-order valence-corrected chi connectivity index (χ0v) is 17.2. The van der Waals surface area contributed by atoms with Gasteiger partial charge in [-0.1, -0.05) is 52.0 Å². The molecule has 2 heterocycles. The average molecular weight is 383 g/mol. The quantitative estimate of drug-likeness (QED) is 0.770. The first kappa shape index (κ1) is 20.4. The minimum absolute atomic E-state index is 0.140. The first-order valence-electron chi connectivity index (χ1n) is 10.1. The van der Waals surface area contributed by atoms with E-state index in [2.05, 4.69) is 59.4 Å². The Morgan fingerprint density at radius 3 is 2.29 bits per heavy atom. The van der Waals surface area contributed by atoms with Gasteiger partial charge in [0.2, 0.25) is 17.5 Å². The number of nitrogens with zero attached hydrogens (tertiary/aromatic N) is 3. The number of morpholine rings is 1. The maximum atomic E-state index is 9.39. The van der Waals surface area contributed by atoms with Crippen molar-refractivity contribution >= 4 is 5.88 Å². The largest absolute Gasteiger partial charge is 0.424 e. The Morgan fingerprint density at radius 1 is 1.07 bits per heavy atom. The van der Waals surface area contributed by atoms with Crippen molar-refractivity contribution in [1.82, 2.24) is 9.88 Å². The minimum atomic E-state index is 0.140. The number of nitriles is 1. The van der Waals surface area contributed by atoms with Crippen LogP contribution in [0.25, 0.3) is 0 Å². The first-order chi connectivity index (χ1) is 13.5. The standard InChI is InChI=1S/C22H30N4O2/c1-15(2)17-5-7-18(8-6-17)20(26-9-11-27-12-10-26)14-24-22-19(13-23)25-21(28-22)16(3)4/h5-8,15-16,20,24H,9-12,14H2,1-4H3. The van der Waals surface area contributed by atoms with Gasteiger partial charge in [0.05, 0.1) is 19.3 Å². The molecule has 3 rings (SSSR count). The molecule has 1 atom stereocenters. The molecule has 0 amide bonds. The van der Waals surface area contributed by atoms with Gasteiger partial charge in [0.1, 0.15) is 6.07 Å². The van der Waals surface area contributed by atoms with Gasteiger partial charge in [0, 0.05) is 25.6 Å². The van der Waals surface area contributed by atoms with Crippen molar-refractivity contribution in [3.8, 4) is 6.07 Å². The summed E-state index contributed by atoms with van der Waals surface area (Å²) in [6.07, 6.45) is 0. The monoisotopic (exact) mass is 382 g/mol. The van der Waals surface area contributed by atoms with Crippen molar-refractivity contribution in [3.63, 3.8) is 0 Å². The number of ether oxygens (including phenoxy) is 1. The molecule has 150 valence electrons. The highest BCUT2D eigenvalue weighted by Crippen LogP contribution is 2.27. The Kier molecular flexibility index (Phi) is 6.71. The van der Waals surface area contributed by atoms with Crippen molar-refractivity contribution in [2.75, 3.05) is 38.2 Å². The number of rotatable bonds is 7. The molecule has 28 heavy (non-hydrogen) atoms. The van der Waals surface area contributed by atoms with Crippen LogP contribution in [-0.2, 0) is 4.74 Å². The molecule has 1 saturated heterocycles. The first-order valence-corrected chi connectivity index (χ1v) is 10.1. The van der Waals surface area contributed by atoms with Gasteiger partial charge < -0.3 is 14.5 Å². The second-order valence-corrected chi connectivity index (χ2v) is 7.86. The number of hydrogen-bond donors (Lipinski definition) is 1. The fourth-order valence-electron chi connectivity index (χ4n) is 3.42. The van der Waals surface area contributed by atoms with Gasteiger partial charge in [-0.2, -0.15) is 5.26 Å². The van der Waals surface area contributed by atoms with Crippen LogP contribution >= 0.6 is 0 Å². The van der Waals surface area contributed by atoms with Gasteiger partial charge >= 0.3 is 0 Å². The van der Waals surface area contributed by atoms with Gasteiger partial charge in [0.15, 0.2) is 0 Å². The molecule has 2 aromatic rings. The van der Waals surface area contributed by atoms with E-state index in [1.807, 2.05) is 13.8 Å². The third-order valence-corrected chi connectivity index (χ3v) is 5.17. The summed E-state index contributed by atoms with van der Waals surface area (Å²) in [5.41, 5.74) is 2.90. The number of oxazole rings is 1. The molecule has 0 bridgehead atoms. The predicted molar refractivity (Wildman–Crippen MR) is 109 cm³/mol. The maximum absolute atomic E-state index is 9.39. The number of benzene rings is 1. The highest BCUT2D eigenvalue weighted by molar-refractivity contribution is 5.46. The van der Waals surface area contributed by atoms with Gasteiger partial charge in [-0.05, 0) is 17.0 Å². The topological polar surface area (TPSA) is 74.3 Å². The molecule has 1 aromatic heterocycles. The molecule has 6 nitrogen and oxygen atoms in total. The number of aromatic nitrogens is 1. The molecule has 0 saturated carbocycles. The molecule has 0 aliphatic carbocycles. The Morgan fingerprint density at radius 2 is 1.71 bits per heavy atom. The zero-order valence-electron chi connectivity index (χ0n) is 17.2. The third-order valence-electron chi connectivity index (χ3n) is 5.17. The van der Waals surface area contributed by atoms with Crippen LogP contribution in [0, 0.1) is 11.3 Å². The van der Waals surface area contributed by atoms with Gasteiger partial charge in [-0.3, -0.25) is 4.90 Å². The number of hydrogen-bond acceptors (Lipinski definition) is 6.